The fourth-order valence-corrected chi connectivity index (χ4v) is 2.75. The molecule has 2 aromatic rings. The third kappa shape index (κ3) is 2.91. The molecule has 5 nitrogen and oxygen atoms in total. The Balaban J connectivity index is 1.98. The fourth-order valence-electron chi connectivity index (χ4n) is 2.75. The predicted octanol–water partition coefficient (Wildman–Crippen LogP) is 2.52. The number of aromatic nitrogens is 2. The van der Waals surface area contributed by atoms with Crippen LogP contribution in [-0.2, 0) is 0 Å². The van der Waals surface area contributed by atoms with Crippen LogP contribution in [0.15, 0.2) is 35.1 Å². The molecule has 2 heterocycles. The van der Waals surface area contributed by atoms with Gasteiger partial charge in [0.25, 0.3) is 5.56 Å². The zero-order chi connectivity index (χ0) is 14.7. The highest BCUT2D eigenvalue weighted by atomic mass is 16.3. The molecule has 1 aliphatic rings. The summed E-state index contributed by atoms with van der Waals surface area (Å²) >= 11 is 0. The van der Waals surface area contributed by atoms with Crippen LogP contribution in [0.1, 0.15) is 25.7 Å². The van der Waals surface area contributed by atoms with E-state index in [0.717, 1.165) is 25.9 Å². The molecule has 1 fully saturated rings. The number of rotatable bonds is 2. The minimum atomic E-state index is -0.298. The van der Waals surface area contributed by atoms with E-state index in [1.807, 2.05) is 23.1 Å². The van der Waals surface area contributed by atoms with Crippen molar-refractivity contribution in [2.24, 2.45) is 0 Å². The van der Waals surface area contributed by atoms with Gasteiger partial charge in [-0.05, 0) is 18.4 Å². The van der Waals surface area contributed by atoms with E-state index in [-0.39, 0.29) is 17.0 Å². The highest BCUT2D eigenvalue weighted by molar-refractivity contribution is 5.67. The molecule has 1 aliphatic heterocycles. The van der Waals surface area contributed by atoms with Gasteiger partial charge in [-0.1, -0.05) is 43.2 Å². The van der Waals surface area contributed by atoms with Gasteiger partial charge in [0.1, 0.15) is 5.56 Å². The Kier molecular flexibility index (Phi) is 3.90. The molecule has 0 unspecified atom stereocenters. The van der Waals surface area contributed by atoms with Gasteiger partial charge in [0, 0.05) is 13.1 Å². The molecule has 0 bridgehead atoms. The van der Waals surface area contributed by atoms with E-state index in [0.29, 0.717) is 11.5 Å². The van der Waals surface area contributed by atoms with Crippen LogP contribution in [-0.4, -0.2) is 28.2 Å². The van der Waals surface area contributed by atoms with Crippen molar-refractivity contribution in [1.29, 1.82) is 0 Å². The topological polar surface area (TPSA) is 69.2 Å². The fraction of sp³-hybridized carbons (Fsp3) is 0.375. The molecule has 0 radical (unpaired) electrons. The van der Waals surface area contributed by atoms with Gasteiger partial charge in [0.05, 0.1) is 0 Å². The number of H-pyrrole nitrogens is 1. The predicted molar refractivity (Wildman–Crippen MR) is 82.6 cm³/mol. The smallest absolute Gasteiger partial charge is 0.264 e. The number of benzene rings is 1. The Morgan fingerprint density at radius 1 is 1.05 bits per heavy atom. The van der Waals surface area contributed by atoms with Crippen molar-refractivity contribution in [3.63, 3.8) is 0 Å². The molecule has 0 saturated carbocycles. The second-order valence-corrected chi connectivity index (χ2v) is 5.36. The molecule has 1 aromatic heterocycles. The van der Waals surface area contributed by atoms with Gasteiger partial charge in [-0.15, -0.1) is 0 Å². The summed E-state index contributed by atoms with van der Waals surface area (Å²) in [4.78, 5) is 21.4. The third-order valence-electron chi connectivity index (χ3n) is 3.86. The molecule has 2 N–H and O–H groups in total. The Morgan fingerprint density at radius 2 is 1.71 bits per heavy atom. The number of nitrogens with one attached hydrogen (secondary N) is 1. The van der Waals surface area contributed by atoms with Crippen molar-refractivity contribution >= 4 is 5.95 Å². The van der Waals surface area contributed by atoms with Crippen LogP contribution >= 0.6 is 0 Å². The first-order valence-corrected chi connectivity index (χ1v) is 7.39. The van der Waals surface area contributed by atoms with Crippen molar-refractivity contribution in [1.82, 2.24) is 9.97 Å². The molecular weight excluding hydrogens is 266 g/mol. The van der Waals surface area contributed by atoms with E-state index in [4.69, 9.17) is 0 Å². The zero-order valence-electron chi connectivity index (χ0n) is 11.9. The number of hydrogen-bond acceptors (Lipinski definition) is 4. The van der Waals surface area contributed by atoms with E-state index in [1.54, 1.807) is 12.1 Å². The minimum Gasteiger partial charge on any atom is -0.493 e. The summed E-state index contributed by atoms with van der Waals surface area (Å²) in [6.07, 6.45) is 4.58. The van der Waals surface area contributed by atoms with Crippen LogP contribution < -0.4 is 10.5 Å². The Morgan fingerprint density at radius 3 is 2.33 bits per heavy atom. The van der Waals surface area contributed by atoms with E-state index >= 15 is 0 Å². The molecule has 110 valence electrons. The van der Waals surface area contributed by atoms with Crippen molar-refractivity contribution in [2.45, 2.75) is 25.7 Å². The van der Waals surface area contributed by atoms with Crippen LogP contribution in [0.3, 0.4) is 0 Å². The quantitative estimate of drug-likeness (QED) is 0.889. The largest absolute Gasteiger partial charge is 0.493 e. The van der Waals surface area contributed by atoms with E-state index < -0.39 is 0 Å². The van der Waals surface area contributed by atoms with Crippen LogP contribution in [0.5, 0.6) is 5.88 Å². The van der Waals surface area contributed by atoms with E-state index in [9.17, 15) is 9.90 Å². The maximum atomic E-state index is 12.3. The first-order chi connectivity index (χ1) is 10.3. The van der Waals surface area contributed by atoms with Gasteiger partial charge in [-0.3, -0.25) is 9.78 Å². The summed E-state index contributed by atoms with van der Waals surface area (Å²) in [6, 6.07) is 9.11. The molecule has 0 aliphatic carbocycles. The molecule has 0 atom stereocenters. The number of nitrogens with zero attached hydrogens (tertiary/aromatic N) is 2. The lowest BCUT2D eigenvalue weighted by atomic mass is 10.1. The van der Waals surface area contributed by atoms with Gasteiger partial charge in [0.2, 0.25) is 11.8 Å². The molecule has 5 heteroatoms. The molecule has 21 heavy (non-hydrogen) atoms. The summed E-state index contributed by atoms with van der Waals surface area (Å²) < 4.78 is 0. The van der Waals surface area contributed by atoms with E-state index in [2.05, 4.69) is 9.97 Å². The summed E-state index contributed by atoms with van der Waals surface area (Å²) in [5, 5.41) is 10.2. The van der Waals surface area contributed by atoms with Crippen molar-refractivity contribution < 1.29 is 5.11 Å². The lowest BCUT2D eigenvalue weighted by Gasteiger charge is -2.21. The third-order valence-corrected chi connectivity index (χ3v) is 3.86. The highest BCUT2D eigenvalue weighted by Gasteiger charge is 2.17. The van der Waals surface area contributed by atoms with E-state index in [1.165, 1.54) is 12.8 Å². The molecule has 0 amide bonds. The van der Waals surface area contributed by atoms with Crippen molar-refractivity contribution in [3.05, 3.63) is 40.7 Å². The second-order valence-electron chi connectivity index (χ2n) is 5.36. The normalized spacial score (nSPS) is 15.7. The first kappa shape index (κ1) is 13.7. The minimum absolute atomic E-state index is 0.204. The second kappa shape index (κ2) is 5.99. The van der Waals surface area contributed by atoms with Crippen molar-refractivity contribution in [3.8, 4) is 17.0 Å². The van der Waals surface area contributed by atoms with Crippen LogP contribution in [0.4, 0.5) is 5.95 Å². The average molecular weight is 285 g/mol. The molecule has 1 aromatic carbocycles. The first-order valence-electron chi connectivity index (χ1n) is 7.39. The Bertz CT molecular complexity index is 659. The standard InChI is InChI=1S/C16H19N3O2/c20-14-13(12-8-4-3-5-9-12)15(21)18-16(17-14)19-10-6-1-2-7-11-19/h3-5,8-9H,1-2,6-7,10-11H2,(H2,17,18,20,21). The monoisotopic (exact) mass is 285 g/mol. The van der Waals surface area contributed by atoms with Gasteiger partial charge >= 0.3 is 0 Å². The Labute approximate surface area is 123 Å². The average Bonchev–Trinajstić information content (AvgIpc) is 2.76. The van der Waals surface area contributed by atoms with Crippen LogP contribution in [0.25, 0.3) is 11.1 Å². The van der Waals surface area contributed by atoms with Gasteiger partial charge < -0.3 is 10.0 Å². The number of hydrogen-bond donors (Lipinski definition) is 2. The molecule has 1 saturated heterocycles. The SMILES string of the molecule is O=c1[nH]c(N2CCCCCC2)nc(O)c1-c1ccccc1. The lowest BCUT2D eigenvalue weighted by Crippen LogP contribution is -2.28. The molecule has 3 rings (SSSR count). The van der Waals surface area contributed by atoms with Gasteiger partial charge in [0.15, 0.2) is 0 Å². The maximum absolute atomic E-state index is 12.3. The highest BCUT2D eigenvalue weighted by Crippen LogP contribution is 2.25. The van der Waals surface area contributed by atoms with Gasteiger partial charge in [-0.25, -0.2) is 0 Å². The summed E-state index contributed by atoms with van der Waals surface area (Å²) in [5.41, 5.74) is 0.605. The summed E-state index contributed by atoms with van der Waals surface area (Å²) in [6.45, 7) is 1.74. The maximum Gasteiger partial charge on any atom is 0.264 e. The number of anilines is 1. The number of aromatic amines is 1. The van der Waals surface area contributed by atoms with Crippen LogP contribution in [0, 0.1) is 0 Å². The molecule has 0 spiro atoms. The lowest BCUT2D eigenvalue weighted by molar-refractivity contribution is 0.453. The number of aromatic hydroxyl groups is 1. The van der Waals surface area contributed by atoms with Crippen LogP contribution in [0.2, 0.25) is 0 Å². The molecular formula is C16H19N3O2. The van der Waals surface area contributed by atoms with Crippen molar-refractivity contribution in [2.75, 3.05) is 18.0 Å². The zero-order valence-corrected chi connectivity index (χ0v) is 11.9. The van der Waals surface area contributed by atoms with Gasteiger partial charge in [-0.2, -0.15) is 4.98 Å². The summed E-state index contributed by atoms with van der Waals surface area (Å²) in [5.74, 6) is 0.267. The Hall–Kier alpha value is -2.30. The summed E-state index contributed by atoms with van der Waals surface area (Å²) in [7, 11) is 0.